The highest BCUT2D eigenvalue weighted by molar-refractivity contribution is 4.56. The standard InChI is InChI=1S/C10H23NO3/c1-3-7-14-8-6-11-5-4-10(12)9-13-2/h10-12H,3-9H2,1-2H3. The van der Waals surface area contributed by atoms with Crippen LogP contribution in [-0.4, -0.2) is 51.2 Å². The van der Waals surface area contributed by atoms with Gasteiger partial charge in [0.2, 0.25) is 0 Å². The van der Waals surface area contributed by atoms with E-state index in [1.54, 1.807) is 7.11 Å². The normalized spacial score (nSPS) is 13.1. The van der Waals surface area contributed by atoms with Crippen molar-refractivity contribution in [3.05, 3.63) is 0 Å². The summed E-state index contributed by atoms with van der Waals surface area (Å²) in [7, 11) is 1.59. The number of aliphatic hydroxyl groups excluding tert-OH is 1. The van der Waals surface area contributed by atoms with E-state index in [0.717, 1.165) is 39.1 Å². The lowest BCUT2D eigenvalue weighted by Crippen LogP contribution is -2.26. The molecule has 0 rings (SSSR count). The summed E-state index contributed by atoms with van der Waals surface area (Å²) < 4.78 is 10.1. The summed E-state index contributed by atoms with van der Waals surface area (Å²) in [4.78, 5) is 0. The van der Waals surface area contributed by atoms with Gasteiger partial charge < -0.3 is 19.9 Å². The largest absolute Gasteiger partial charge is 0.391 e. The number of rotatable bonds is 10. The van der Waals surface area contributed by atoms with Crippen molar-refractivity contribution in [1.82, 2.24) is 5.32 Å². The molecular weight excluding hydrogens is 182 g/mol. The first kappa shape index (κ1) is 13.8. The first-order chi connectivity index (χ1) is 6.81. The number of hydrogen-bond donors (Lipinski definition) is 2. The maximum Gasteiger partial charge on any atom is 0.0785 e. The molecule has 1 unspecified atom stereocenters. The van der Waals surface area contributed by atoms with Crippen LogP contribution in [0.2, 0.25) is 0 Å². The second-order valence-electron chi connectivity index (χ2n) is 3.26. The molecule has 0 radical (unpaired) electrons. The molecule has 0 aromatic rings. The van der Waals surface area contributed by atoms with E-state index in [1.165, 1.54) is 0 Å². The van der Waals surface area contributed by atoms with Crippen LogP contribution in [0.3, 0.4) is 0 Å². The number of aliphatic hydroxyl groups is 1. The molecule has 0 aromatic heterocycles. The zero-order valence-corrected chi connectivity index (χ0v) is 9.29. The molecule has 0 spiro atoms. The molecule has 0 aliphatic carbocycles. The van der Waals surface area contributed by atoms with Crippen molar-refractivity contribution < 1.29 is 14.6 Å². The average molecular weight is 205 g/mol. The summed E-state index contributed by atoms with van der Waals surface area (Å²) in [5.74, 6) is 0. The van der Waals surface area contributed by atoms with Crippen LogP contribution in [0.15, 0.2) is 0 Å². The third-order valence-corrected chi connectivity index (χ3v) is 1.79. The molecule has 4 heteroatoms. The molecule has 0 heterocycles. The zero-order chi connectivity index (χ0) is 10.6. The van der Waals surface area contributed by atoms with Crippen molar-refractivity contribution in [2.24, 2.45) is 0 Å². The van der Waals surface area contributed by atoms with Gasteiger partial charge in [-0.25, -0.2) is 0 Å². The van der Waals surface area contributed by atoms with E-state index in [9.17, 15) is 5.11 Å². The van der Waals surface area contributed by atoms with Crippen LogP contribution in [0.1, 0.15) is 19.8 Å². The third-order valence-electron chi connectivity index (χ3n) is 1.79. The molecule has 0 bridgehead atoms. The highest BCUT2D eigenvalue weighted by Crippen LogP contribution is 1.89. The van der Waals surface area contributed by atoms with E-state index in [1.807, 2.05) is 0 Å². The Labute approximate surface area is 86.6 Å². The second-order valence-corrected chi connectivity index (χ2v) is 3.26. The predicted molar refractivity (Wildman–Crippen MR) is 56.5 cm³/mol. The first-order valence-corrected chi connectivity index (χ1v) is 5.26. The van der Waals surface area contributed by atoms with E-state index in [4.69, 9.17) is 9.47 Å². The molecule has 14 heavy (non-hydrogen) atoms. The van der Waals surface area contributed by atoms with Gasteiger partial charge in [-0.15, -0.1) is 0 Å². The van der Waals surface area contributed by atoms with Crippen LogP contribution in [0.25, 0.3) is 0 Å². The van der Waals surface area contributed by atoms with Crippen molar-refractivity contribution in [3.63, 3.8) is 0 Å². The lowest BCUT2D eigenvalue weighted by Gasteiger charge is -2.09. The summed E-state index contributed by atoms with van der Waals surface area (Å²) >= 11 is 0. The Hall–Kier alpha value is -0.160. The van der Waals surface area contributed by atoms with Crippen molar-refractivity contribution in [1.29, 1.82) is 0 Å². The molecule has 4 nitrogen and oxygen atoms in total. The molecule has 86 valence electrons. The SMILES string of the molecule is CCCOCCNCCC(O)COC. The van der Waals surface area contributed by atoms with Gasteiger partial charge in [-0.3, -0.25) is 0 Å². The molecular formula is C10H23NO3. The van der Waals surface area contributed by atoms with E-state index in [0.29, 0.717) is 6.61 Å². The van der Waals surface area contributed by atoms with Gasteiger partial charge >= 0.3 is 0 Å². The Morgan fingerprint density at radius 3 is 2.71 bits per heavy atom. The molecule has 0 fully saturated rings. The number of nitrogens with one attached hydrogen (secondary N) is 1. The molecule has 0 saturated heterocycles. The van der Waals surface area contributed by atoms with Gasteiger partial charge in [0.05, 0.1) is 19.3 Å². The summed E-state index contributed by atoms with van der Waals surface area (Å²) in [6.45, 7) is 5.73. The fraction of sp³-hybridized carbons (Fsp3) is 1.00. The van der Waals surface area contributed by atoms with Crippen molar-refractivity contribution in [2.75, 3.05) is 40.0 Å². The summed E-state index contributed by atoms with van der Waals surface area (Å²) in [6.07, 6.45) is 1.43. The minimum absolute atomic E-state index is 0.357. The van der Waals surface area contributed by atoms with Gasteiger partial charge in [0.1, 0.15) is 0 Å². The quantitative estimate of drug-likeness (QED) is 0.507. The Kier molecular flexibility index (Phi) is 10.8. The molecule has 0 aliphatic heterocycles. The fourth-order valence-corrected chi connectivity index (χ4v) is 1.06. The van der Waals surface area contributed by atoms with Crippen molar-refractivity contribution in [3.8, 4) is 0 Å². The van der Waals surface area contributed by atoms with E-state index in [-0.39, 0.29) is 6.10 Å². The van der Waals surface area contributed by atoms with Crippen LogP contribution in [0.4, 0.5) is 0 Å². The van der Waals surface area contributed by atoms with E-state index in [2.05, 4.69) is 12.2 Å². The predicted octanol–water partition coefficient (Wildman–Crippen LogP) is 0.400. The average Bonchev–Trinajstić information content (AvgIpc) is 2.17. The Morgan fingerprint density at radius 1 is 1.29 bits per heavy atom. The smallest absolute Gasteiger partial charge is 0.0785 e. The van der Waals surface area contributed by atoms with Crippen LogP contribution in [0, 0.1) is 0 Å². The third kappa shape index (κ3) is 9.92. The van der Waals surface area contributed by atoms with Gasteiger partial charge in [0, 0.05) is 20.3 Å². The highest BCUT2D eigenvalue weighted by atomic mass is 16.5. The summed E-state index contributed by atoms with van der Waals surface area (Å²) in [6, 6.07) is 0. The van der Waals surface area contributed by atoms with Crippen LogP contribution in [-0.2, 0) is 9.47 Å². The Balaban J connectivity index is 2.98. The fourth-order valence-electron chi connectivity index (χ4n) is 1.06. The zero-order valence-electron chi connectivity index (χ0n) is 9.29. The van der Waals surface area contributed by atoms with E-state index < -0.39 is 0 Å². The van der Waals surface area contributed by atoms with Crippen LogP contribution < -0.4 is 5.32 Å². The molecule has 0 amide bonds. The second kappa shape index (κ2) is 10.9. The van der Waals surface area contributed by atoms with Gasteiger partial charge in [0.15, 0.2) is 0 Å². The maximum absolute atomic E-state index is 9.29. The molecule has 2 N–H and O–H groups in total. The van der Waals surface area contributed by atoms with Crippen LogP contribution >= 0.6 is 0 Å². The minimum Gasteiger partial charge on any atom is -0.391 e. The molecule has 0 aromatic carbocycles. The summed E-state index contributed by atoms with van der Waals surface area (Å²) in [5, 5.41) is 12.5. The van der Waals surface area contributed by atoms with E-state index >= 15 is 0 Å². The first-order valence-electron chi connectivity index (χ1n) is 5.26. The Morgan fingerprint density at radius 2 is 2.07 bits per heavy atom. The van der Waals surface area contributed by atoms with Gasteiger partial charge in [-0.2, -0.15) is 0 Å². The number of methoxy groups -OCH3 is 1. The minimum atomic E-state index is -0.357. The van der Waals surface area contributed by atoms with Gasteiger partial charge in [0.25, 0.3) is 0 Å². The highest BCUT2D eigenvalue weighted by Gasteiger charge is 2.01. The summed E-state index contributed by atoms with van der Waals surface area (Å²) in [5.41, 5.74) is 0. The lowest BCUT2D eigenvalue weighted by molar-refractivity contribution is 0.0588. The van der Waals surface area contributed by atoms with Gasteiger partial charge in [-0.05, 0) is 19.4 Å². The van der Waals surface area contributed by atoms with Crippen molar-refractivity contribution in [2.45, 2.75) is 25.9 Å². The number of ether oxygens (including phenoxy) is 2. The maximum atomic E-state index is 9.29. The Bertz CT molecular complexity index is 112. The van der Waals surface area contributed by atoms with Crippen LogP contribution in [0.5, 0.6) is 0 Å². The monoisotopic (exact) mass is 205 g/mol. The molecule has 1 atom stereocenters. The molecule has 0 aliphatic rings. The topological polar surface area (TPSA) is 50.7 Å². The lowest BCUT2D eigenvalue weighted by atomic mass is 10.3. The van der Waals surface area contributed by atoms with Crippen molar-refractivity contribution >= 4 is 0 Å². The van der Waals surface area contributed by atoms with Gasteiger partial charge in [-0.1, -0.05) is 6.92 Å². The number of hydrogen-bond acceptors (Lipinski definition) is 4. The molecule has 0 saturated carbocycles.